The molecule has 110 valence electrons. The standard InChI is InChI=1S/C17H19NO3/c1-14-6-5-9-16(12-14)20-11-10-18-17(19)13-21-15-7-3-2-4-8-15/h2-9,12H,10-11,13H2,1H3,(H,18,19). The van der Waals surface area contributed by atoms with Crippen LogP contribution >= 0.6 is 0 Å². The van der Waals surface area contributed by atoms with Crippen LogP contribution in [0.3, 0.4) is 0 Å². The van der Waals surface area contributed by atoms with E-state index in [0.29, 0.717) is 18.9 Å². The van der Waals surface area contributed by atoms with E-state index >= 15 is 0 Å². The molecule has 0 saturated carbocycles. The predicted octanol–water partition coefficient (Wildman–Crippen LogP) is 2.57. The number of nitrogens with one attached hydrogen (secondary N) is 1. The number of carbonyl (C=O) groups excluding carboxylic acids is 1. The molecule has 0 fully saturated rings. The van der Waals surface area contributed by atoms with Gasteiger partial charge in [0, 0.05) is 0 Å². The zero-order valence-corrected chi connectivity index (χ0v) is 12.0. The highest BCUT2D eigenvalue weighted by atomic mass is 16.5. The van der Waals surface area contributed by atoms with Crippen molar-refractivity contribution < 1.29 is 14.3 Å². The average molecular weight is 285 g/mol. The highest BCUT2D eigenvalue weighted by molar-refractivity contribution is 5.77. The number of rotatable bonds is 7. The topological polar surface area (TPSA) is 47.6 Å². The van der Waals surface area contributed by atoms with Crippen LogP contribution in [-0.2, 0) is 4.79 Å². The van der Waals surface area contributed by atoms with Crippen molar-refractivity contribution in [3.05, 3.63) is 60.2 Å². The summed E-state index contributed by atoms with van der Waals surface area (Å²) in [5.74, 6) is 1.33. The Morgan fingerprint density at radius 1 is 1.00 bits per heavy atom. The van der Waals surface area contributed by atoms with Crippen LogP contribution in [-0.4, -0.2) is 25.7 Å². The summed E-state index contributed by atoms with van der Waals surface area (Å²) in [6.45, 7) is 2.90. The summed E-state index contributed by atoms with van der Waals surface area (Å²) < 4.78 is 10.9. The number of carbonyl (C=O) groups is 1. The van der Waals surface area contributed by atoms with Gasteiger partial charge in [-0.2, -0.15) is 0 Å². The molecule has 2 aromatic rings. The molecule has 0 saturated heterocycles. The SMILES string of the molecule is Cc1cccc(OCCNC(=O)COc2ccccc2)c1. The first-order valence-corrected chi connectivity index (χ1v) is 6.88. The molecule has 2 aromatic carbocycles. The molecule has 0 atom stereocenters. The minimum atomic E-state index is -0.160. The molecule has 0 heterocycles. The Morgan fingerprint density at radius 3 is 2.52 bits per heavy atom. The molecule has 0 radical (unpaired) electrons. The fourth-order valence-corrected chi connectivity index (χ4v) is 1.78. The zero-order valence-electron chi connectivity index (χ0n) is 12.0. The van der Waals surface area contributed by atoms with E-state index in [1.807, 2.05) is 61.5 Å². The third kappa shape index (κ3) is 5.57. The van der Waals surface area contributed by atoms with Gasteiger partial charge in [-0.1, -0.05) is 30.3 Å². The van der Waals surface area contributed by atoms with Crippen molar-refractivity contribution in [2.45, 2.75) is 6.92 Å². The Morgan fingerprint density at radius 2 is 1.76 bits per heavy atom. The van der Waals surface area contributed by atoms with E-state index in [1.165, 1.54) is 0 Å². The number of hydrogen-bond donors (Lipinski definition) is 1. The van der Waals surface area contributed by atoms with Gasteiger partial charge in [-0.05, 0) is 36.8 Å². The molecule has 1 N–H and O–H groups in total. The van der Waals surface area contributed by atoms with Gasteiger partial charge in [-0.3, -0.25) is 4.79 Å². The number of amides is 1. The summed E-state index contributed by atoms with van der Waals surface area (Å²) in [5, 5.41) is 2.75. The lowest BCUT2D eigenvalue weighted by atomic mass is 10.2. The third-order valence-corrected chi connectivity index (χ3v) is 2.80. The van der Waals surface area contributed by atoms with Gasteiger partial charge in [0.1, 0.15) is 18.1 Å². The molecular formula is C17H19NO3. The van der Waals surface area contributed by atoms with E-state index in [2.05, 4.69) is 5.32 Å². The van der Waals surface area contributed by atoms with Gasteiger partial charge in [-0.25, -0.2) is 0 Å². The quantitative estimate of drug-likeness (QED) is 0.795. The van der Waals surface area contributed by atoms with Crippen LogP contribution in [0.25, 0.3) is 0 Å². The molecule has 0 spiro atoms. The summed E-state index contributed by atoms with van der Waals surface area (Å²) >= 11 is 0. The lowest BCUT2D eigenvalue weighted by Gasteiger charge is -2.09. The predicted molar refractivity (Wildman–Crippen MR) is 81.6 cm³/mol. The maximum Gasteiger partial charge on any atom is 0.258 e. The lowest BCUT2D eigenvalue weighted by molar-refractivity contribution is -0.123. The van der Waals surface area contributed by atoms with Gasteiger partial charge in [-0.15, -0.1) is 0 Å². The van der Waals surface area contributed by atoms with E-state index in [-0.39, 0.29) is 12.5 Å². The summed E-state index contributed by atoms with van der Waals surface area (Å²) in [6.07, 6.45) is 0. The van der Waals surface area contributed by atoms with Crippen LogP contribution in [0.15, 0.2) is 54.6 Å². The van der Waals surface area contributed by atoms with Crippen molar-refractivity contribution >= 4 is 5.91 Å². The molecule has 0 aliphatic heterocycles. The van der Waals surface area contributed by atoms with Crippen LogP contribution in [0.4, 0.5) is 0 Å². The van der Waals surface area contributed by atoms with Gasteiger partial charge in [0.05, 0.1) is 6.54 Å². The number of ether oxygens (including phenoxy) is 2. The Balaban J connectivity index is 1.61. The largest absolute Gasteiger partial charge is 0.492 e. The molecule has 0 aliphatic rings. The van der Waals surface area contributed by atoms with E-state index < -0.39 is 0 Å². The Hall–Kier alpha value is -2.49. The Labute approximate surface area is 124 Å². The first kappa shape index (κ1) is 14.9. The number of benzene rings is 2. The highest BCUT2D eigenvalue weighted by Crippen LogP contribution is 2.11. The lowest BCUT2D eigenvalue weighted by Crippen LogP contribution is -2.32. The molecule has 0 aliphatic carbocycles. The fourth-order valence-electron chi connectivity index (χ4n) is 1.78. The second-order valence-corrected chi connectivity index (χ2v) is 4.62. The molecule has 2 rings (SSSR count). The van der Waals surface area contributed by atoms with E-state index in [0.717, 1.165) is 11.3 Å². The average Bonchev–Trinajstić information content (AvgIpc) is 2.51. The van der Waals surface area contributed by atoms with Gasteiger partial charge >= 0.3 is 0 Å². The Kier molecular flexibility index (Phi) is 5.64. The van der Waals surface area contributed by atoms with Gasteiger partial charge < -0.3 is 14.8 Å². The molecule has 4 nitrogen and oxygen atoms in total. The van der Waals surface area contributed by atoms with Crippen molar-refractivity contribution in [2.24, 2.45) is 0 Å². The molecule has 0 aromatic heterocycles. The van der Waals surface area contributed by atoms with Gasteiger partial charge in [0.2, 0.25) is 0 Å². The molecular weight excluding hydrogens is 266 g/mol. The number of hydrogen-bond acceptors (Lipinski definition) is 3. The van der Waals surface area contributed by atoms with Crippen molar-refractivity contribution in [2.75, 3.05) is 19.8 Å². The normalized spacial score (nSPS) is 9.95. The van der Waals surface area contributed by atoms with Gasteiger partial charge in [0.15, 0.2) is 6.61 Å². The summed E-state index contributed by atoms with van der Waals surface area (Å²) in [5.41, 5.74) is 1.15. The molecule has 0 bridgehead atoms. The maximum atomic E-state index is 11.6. The number of aryl methyl sites for hydroxylation is 1. The van der Waals surface area contributed by atoms with Crippen LogP contribution in [0, 0.1) is 6.92 Å². The summed E-state index contributed by atoms with van der Waals surface area (Å²) in [4.78, 5) is 11.6. The first-order chi connectivity index (χ1) is 10.2. The molecule has 21 heavy (non-hydrogen) atoms. The van der Waals surface area contributed by atoms with Crippen LogP contribution in [0.5, 0.6) is 11.5 Å². The minimum absolute atomic E-state index is 0.00839. The second kappa shape index (κ2) is 7.94. The number of para-hydroxylation sites is 1. The smallest absolute Gasteiger partial charge is 0.258 e. The van der Waals surface area contributed by atoms with Crippen LogP contribution in [0.1, 0.15) is 5.56 Å². The summed E-state index contributed by atoms with van der Waals surface area (Å²) in [6, 6.07) is 17.1. The van der Waals surface area contributed by atoms with Crippen molar-refractivity contribution in [1.29, 1.82) is 0 Å². The summed E-state index contributed by atoms with van der Waals surface area (Å²) in [7, 11) is 0. The zero-order chi connectivity index (χ0) is 14.9. The van der Waals surface area contributed by atoms with Crippen molar-refractivity contribution in [1.82, 2.24) is 5.32 Å². The monoisotopic (exact) mass is 285 g/mol. The van der Waals surface area contributed by atoms with E-state index in [1.54, 1.807) is 0 Å². The minimum Gasteiger partial charge on any atom is -0.492 e. The van der Waals surface area contributed by atoms with Crippen LogP contribution < -0.4 is 14.8 Å². The second-order valence-electron chi connectivity index (χ2n) is 4.62. The van der Waals surface area contributed by atoms with Gasteiger partial charge in [0.25, 0.3) is 5.91 Å². The third-order valence-electron chi connectivity index (χ3n) is 2.80. The first-order valence-electron chi connectivity index (χ1n) is 6.88. The fraction of sp³-hybridized carbons (Fsp3) is 0.235. The van der Waals surface area contributed by atoms with E-state index in [9.17, 15) is 4.79 Å². The van der Waals surface area contributed by atoms with Crippen molar-refractivity contribution in [3.63, 3.8) is 0 Å². The molecule has 1 amide bonds. The van der Waals surface area contributed by atoms with E-state index in [4.69, 9.17) is 9.47 Å². The maximum absolute atomic E-state index is 11.6. The molecule has 0 unspecified atom stereocenters. The van der Waals surface area contributed by atoms with Crippen LogP contribution in [0.2, 0.25) is 0 Å². The molecule has 4 heteroatoms. The Bertz CT molecular complexity index is 569. The van der Waals surface area contributed by atoms with Crippen molar-refractivity contribution in [3.8, 4) is 11.5 Å². The highest BCUT2D eigenvalue weighted by Gasteiger charge is 2.02.